The van der Waals surface area contributed by atoms with Crippen LogP contribution in [0.2, 0.25) is 0 Å². The van der Waals surface area contributed by atoms with Crippen LogP contribution in [-0.4, -0.2) is 12.8 Å². The number of rotatable bonds is 1. The number of alkyl halides is 3. The summed E-state index contributed by atoms with van der Waals surface area (Å²) in [4.78, 5) is 0. The lowest BCUT2D eigenvalue weighted by molar-refractivity contribution is -0.167. The molecule has 0 radical (unpaired) electrons. The van der Waals surface area contributed by atoms with Crippen LogP contribution in [0.25, 0.3) is 0 Å². The Hall–Kier alpha value is -0.670. The van der Waals surface area contributed by atoms with Crippen molar-refractivity contribution in [3.8, 4) is 0 Å². The van der Waals surface area contributed by atoms with E-state index >= 15 is 0 Å². The number of halogens is 3. The SMILES string of the molecule is CC(C1=CCCO1)C(F)(F)F. The predicted octanol–water partition coefficient (Wildman–Crippen LogP) is 2.49. The van der Waals surface area contributed by atoms with Crippen LogP contribution < -0.4 is 0 Å². The van der Waals surface area contributed by atoms with E-state index in [-0.39, 0.29) is 5.76 Å². The van der Waals surface area contributed by atoms with Crippen LogP contribution in [0.3, 0.4) is 0 Å². The van der Waals surface area contributed by atoms with E-state index < -0.39 is 12.1 Å². The highest BCUT2D eigenvalue weighted by atomic mass is 19.4. The smallest absolute Gasteiger partial charge is 0.398 e. The molecule has 1 aliphatic rings. The summed E-state index contributed by atoms with van der Waals surface area (Å²) in [5.41, 5.74) is 0. The minimum Gasteiger partial charge on any atom is -0.497 e. The van der Waals surface area contributed by atoms with Gasteiger partial charge in [-0.3, -0.25) is 0 Å². The van der Waals surface area contributed by atoms with E-state index in [0.717, 1.165) is 6.92 Å². The third-order valence-electron chi connectivity index (χ3n) is 1.65. The monoisotopic (exact) mass is 166 g/mol. The number of hydrogen-bond acceptors (Lipinski definition) is 1. The zero-order valence-electron chi connectivity index (χ0n) is 6.11. The Bertz CT molecular complexity index is 171. The van der Waals surface area contributed by atoms with E-state index in [2.05, 4.69) is 0 Å². The van der Waals surface area contributed by atoms with Crippen LogP contribution in [0.15, 0.2) is 11.8 Å². The largest absolute Gasteiger partial charge is 0.497 e. The van der Waals surface area contributed by atoms with Crippen molar-refractivity contribution in [1.82, 2.24) is 0 Å². The van der Waals surface area contributed by atoms with Gasteiger partial charge in [-0.1, -0.05) is 0 Å². The fourth-order valence-electron chi connectivity index (χ4n) is 0.900. The molecule has 0 aromatic heterocycles. The van der Waals surface area contributed by atoms with E-state index in [1.54, 1.807) is 0 Å². The Kier molecular flexibility index (Phi) is 2.11. The molecule has 64 valence electrons. The second-order valence-corrected chi connectivity index (χ2v) is 2.51. The summed E-state index contributed by atoms with van der Waals surface area (Å²) in [5.74, 6) is -1.39. The van der Waals surface area contributed by atoms with Gasteiger partial charge in [0.25, 0.3) is 0 Å². The zero-order chi connectivity index (χ0) is 8.48. The summed E-state index contributed by atoms with van der Waals surface area (Å²) in [5, 5.41) is 0. The van der Waals surface area contributed by atoms with Gasteiger partial charge in [0.05, 0.1) is 6.61 Å². The molecule has 0 amide bonds. The molecule has 1 rings (SSSR count). The molecule has 1 aliphatic heterocycles. The van der Waals surface area contributed by atoms with E-state index in [4.69, 9.17) is 4.74 Å². The molecule has 1 unspecified atom stereocenters. The van der Waals surface area contributed by atoms with Gasteiger partial charge in [-0.2, -0.15) is 13.2 Å². The van der Waals surface area contributed by atoms with Gasteiger partial charge in [0, 0.05) is 6.42 Å². The second kappa shape index (κ2) is 2.75. The highest BCUT2D eigenvalue weighted by Gasteiger charge is 2.40. The Morgan fingerprint density at radius 3 is 2.55 bits per heavy atom. The molecule has 0 bridgehead atoms. The molecule has 0 saturated heterocycles. The number of hydrogen-bond donors (Lipinski definition) is 0. The fourth-order valence-corrected chi connectivity index (χ4v) is 0.900. The van der Waals surface area contributed by atoms with Crippen molar-refractivity contribution in [2.24, 2.45) is 5.92 Å². The van der Waals surface area contributed by atoms with Crippen molar-refractivity contribution in [3.63, 3.8) is 0 Å². The van der Waals surface area contributed by atoms with Gasteiger partial charge in [0.15, 0.2) is 0 Å². The Morgan fingerprint density at radius 2 is 2.18 bits per heavy atom. The molecule has 0 N–H and O–H groups in total. The maximum absolute atomic E-state index is 12.0. The average Bonchev–Trinajstić information content (AvgIpc) is 2.34. The van der Waals surface area contributed by atoms with Gasteiger partial charge in [-0.15, -0.1) is 0 Å². The average molecular weight is 166 g/mol. The van der Waals surface area contributed by atoms with Gasteiger partial charge in [0.1, 0.15) is 11.7 Å². The number of allylic oxidation sites excluding steroid dienone is 1. The zero-order valence-corrected chi connectivity index (χ0v) is 6.11. The van der Waals surface area contributed by atoms with Crippen LogP contribution in [0.1, 0.15) is 13.3 Å². The minimum atomic E-state index is -4.17. The van der Waals surface area contributed by atoms with E-state index in [9.17, 15) is 13.2 Å². The van der Waals surface area contributed by atoms with Crippen molar-refractivity contribution in [2.45, 2.75) is 19.5 Å². The first-order valence-electron chi connectivity index (χ1n) is 3.41. The molecule has 0 spiro atoms. The molecule has 1 atom stereocenters. The van der Waals surface area contributed by atoms with Gasteiger partial charge < -0.3 is 4.74 Å². The van der Waals surface area contributed by atoms with Gasteiger partial charge in [-0.05, 0) is 13.0 Å². The summed E-state index contributed by atoms with van der Waals surface area (Å²) in [6, 6.07) is 0. The minimum absolute atomic E-state index is 0.0671. The third kappa shape index (κ3) is 1.88. The predicted molar refractivity (Wildman–Crippen MR) is 33.9 cm³/mol. The molecule has 0 aliphatic carbocycles. The lowest BCUT2D eigenvalue weighted by atomic mass is 10.1. The summed E-state index contributed by atoms with van der Waals surface area (Å²) in [6.07, 6.45) is -2.08. The van der Waals surface area contributed by atoms with Crippen LogP contribution >= 0.6 is 0 Å². The highest BCUT2D eigenvalue weighted by molar-refractivity contribution is 5.03. The van der Waals surface area contributed by atoms with Gasteiger partial charge in [-0.25, -0.2) is 0 Å². The van der Waals surface area contributed by atoms with E-state index in [1.165, 1.54) is 6.08 Å². The molecule has 1 heterocycles. The van der Waals surface area contributed by atoms with Crippen LogP contribution in [-0.2, 0) is 4.74 Å². The van der Waals surface area contributed by atoms with Crippen molar-refractivity contribution >= 4 is 0 Å². The first-order chi connectivity index (χ1) is 5.02. The summed E-state index contributed by atoms with van der Waals surface area (Å²) in [7, 11) is 0. The molecular weight excluding hydrogens is 157 g/mol. The lowest BCUT2D eigenvalue weighted by Gasteiger charge is -2.16. The molecule has 0 fully saturated rings. The first-order valence-corrected chi connectivity index (χ1v) is 3.41. The van der Waals surface area contributed by atoms with Crippen molar-refractivity contribution in [3.05, 3.63) is 11.8 Å². The molecule has 11 heavy (non-hydrogen) atoms. The van der Waals surface area contributed by atoms with Gasteiger partial charge in [0.2, 0.25) is 0 Å². The van der Waals surface area contributed by atoms with Crippen LogP contribution in [0.5, 0.6) is 0 Å². The Labute approximate surface area is 62.8 Å². The lowest BCUT2D eigenvalue weighted by Crippen LogP contribution is -2.21. The Balaban J connectivity index is 2.60. The highest BCUT2D eigenvalue weighted by Crippen LogP contribution is 2.33. The molecule has 0 saturated carbocycles. The fraction of sp³-hybridized carbons (Fsp3) is 0.714. The summed E-state index contributed by atoms with van der Waals surface area (Å²) < 4.78 is 40.7. The standard InChI is InChI=1S/C7H9F3O/c1-5(7(8,9)10)6-3-2-4-11-6/h3,5H,2,4H2,1H3. The van der Waals surface area contributed by atoms with Crippen LogP contribution in [0.4, 0.5) is 13.2 Å². The van der Waals surface area contributed by atoms with Gasteiger partial charge >= 0.3 is 6.18 Å². The molecule has 0 aromatic carbocycles. The van der Waals surface area contributed by atoms with E-state index in [1.807, 2.05) is 0 Å². The van der Waals surface area contributed by atoms with Crippen LogP contribution in [0, 0.1) is 5.92 Å². The molecule has 0 aromatic rings. The van der Waals surface area contributed by atoms with E-state index in [0.29, 0.717) is 13.0 Å². The maximum atomic E-state index is 12.0. The first kappa shape index (κ1) is 8.43. The third-order valence-corrected chi connectivity index (χ3v) is 1.65. The molecular formula is C7H9F3O. The Morgan fingerprint density at radius 1 is 1.55 bits per heavy atom. The second-order valence-electron chi connectivity index (χ2n) is 2.51. The quantitative estimate of drug-likeness (QED) is 0.581. The van der Waals surface area contributed by atoms with Crippen molar-refractivity contribution < 1.29 is 17.9 Å². The number of ether oxygens (including phenoxy) is 1. The molecule has 4 heteroatoms. The summed E-state index contributed by atoms with van der Waals surface area (Å²) >= 11 is 0. The molecule has 1 nitrogen and oxygen atoms in total. The van der Waals surface area contributed by atoms with Crippen molar-refractivity contribution in [2.75, 3.05) is 6.61 Å². The van der Waals surface area contributed by atoms with Crippen molar-refractivity contribution in [1.29, 1.82) is 0 Å². The maximum Gasteiger partial charge on any atom is 0.398 e. The summed E-state index contributed by atoms with van der Waals surface area (Å²) in [6.45, 7) is 1.49. The topological polar surface area (TPSA) is 9.23 Å². The normalized spacial score (nSPS) is 20.9.